The van der Waals surface area contributed by atoms with Crippen LogP contribution in [0.4, 0.5) is 11.6 Å². The van der Waals surface area contributed by atoms with Crippen LogP contribution < -0.4 is 10.6 Å². The van der Waals surface area contributed by atoms with Gasteiger partial charge in [-0.25, -0.2) is 9.97 Å². The molecule has 0 aromatic carbocycles. The molecule has 1 unspecified atom stereocenters. The lowest BCUT2D eigenvalue weighted by molar-refractivity contribution is 0.229. The number of nitrogens with zero attached hydrogens (tertiary/aromatic N) is 2. The molecule has 0 aliphatic carbocycles. The van der Waals surface area contributed by atoms with E-state index in [2.05, 4.69) is 20.6 Å². The molecule has 1 heterocycles. The molecule has 0 saturated heterocycles. The summed E-state index contributed by atoms with van der Waals surface area (Å²) in [5.41, 5.74) is 0. The molecule has 0 radical (unpaired) electrons. The van der Waals surface area contributed by atoms with Crippen LogP contribution in [0.25, 0.3) is 0 Å². The summed E-state index contributed by atoms with van der Waals surface area (Å²) in [5, 5.41) is 15.2. The predicted octanol–water partition coefficient (Wildman–Crippen LogP) is 1.65. The first-order valence-corrected chi connectivity index (χ1v) is 6.04. The zero-order valence-corrected chi connectivity index (χ0v) is 10.8. The van der Waals surface area contributed by atoms with Gasteiger partial charge in [0.15, 0.2) is 0 Å². The SMILES string of the molecule is CNc1cc(NCCCC(C)CO)nc(C)n1. The largest absolute Gasteiger partial charge is 0.396 e. The lowest BCUT2D eigenvalue weighted by Crippen LogP contribution is -2.08. The quantitative estimate of drug-likeness (QED) is 0.630. The molecular formula is C12H22N4O. The van der Waals surface area contributed by atoms with Crippen LogP contribution in [-0.2, 0) is 0 Å². The van der Waals surface area contributed by atoms with Crippen molar-refractivity contribution in [2.24, 2.45) is 5.92 Å². The lowest BCUT2D eigenvalue weighted by atomic mass is 10.1. The summed E-state index contributed by atoms with van der Waals surface area (Å²) >= 11 is 0. The minimum absolute atomic E-state index is 0.260. The highest BCUT2D eigenvalue weighted by Gasteiger charge is 2.01. The van der Waals surface area contributed by atoms with E-state index in [0.717, 1.165) is 36.8 Å². The van der Waals surface area contributed by atoms with Crippen molar-refractivity contribution in [3.63, 3.8) is 0 Å². The maximum Gasteiger partial charge on any atom is 0.131 e. The number of hydrogen-bond donors (Lipinski definition) is 3. The minimum Gasteiger partial charge on any atom is -0.396 e. The van der Waals surface area contributed by atoms with Gasteiger partial charge in [0.1, 0.15) is 17.5 Å². The third kappa shape index (κ3) is 4.99. The molecule has 1 atom stereocenters. The molecule has 1 rings (SSSR count). The molecule has 0 aliphatic heterocycles. The Balaban J connectivity index is 2.38. The van der Waals surface area contributed by atoms with E-state index in [1.165, 1.54) is 0 Å². The van der Waals surface area contributed by atoms with E-state index in [1.807, 2.05) is 27.0 Å². The van der Waals surface area contributed by atoms with Gasteiger partial charge >= 0.3 is 0 Å². The van der Waals surface area contributed by atoms with Crippen molar-refractivity contribution in [1.82, 2.24) is 9.97 Å². The number of aliphatic hydroxyl groups excluding tert-OH is 1. The Labute approximate surface area is 103 Å². The van der Waals surface area contributed by atoms with E-state index in [1.54, 1.807) is 0 Å². The van der Waals surface area contributed by atoms with Gasteiger partial charge < -0.3 is 15.7 Å². The Kier molecular flexibility index (Phi) is 5.69. The van der Waals surface area contributed by atoms with Crippen molar-refractivity contribution in [2.45, 2.75) is 26.7 Å². The fraction of sp³-hybridized carbons (Fsp3) is 0.667. The Hall–Kier alpha value is -1.36. The summed E-state index contributed by atoms with van der Waals surface area (Å²) in [6.45, 7) is 5.05. The normalized spacial score (nSPS) is 12.2. The summed E-state index contributed by atoms with van der Waals surface area (Å²) in [6, 6.07) is 1.89. The molecular weight excluding hydrogens is 216 g/mol. The second kappa shape index (κ2) is 7.06. The van der Waals surface area contributed by atoms with Crippen LogP contribution >= 0.6 is 0 Å². The zero-order valence-electron chi connectivity index (χ0n) is 10.8. The molecule has 5 heteroatoms. The minimum atomic E-state index is 0.260. The Morgan fingerprint density at radius 3 is 2.71 bits per heavy atom. The molecule has 5 nitrogen and oxygen atoms in total. The zero-order chi connectivity index (χ0) is 12.7. The van der Waals surface area contributed by atoms with Crippen molar-refractivity contribution in [2.75, 3.05) is 30.8 Å². The molecule has 0 saturated carbocycles. The van der Waals surface area contributed by atoms with Crippen molar-refractivity contribution < 1.29 is 5.11 Å². The standard InChI is InChI=1S/C12H22N4O/c1-9(8-17)5-4-6-14-12-7-11(13-3)15-10(2)16-12/h7,9,17H,4-6,8H2,1-3H3,(H2,13,14,15,16). The number of aryl methyl sites for hydroxylation is 1. The van der Waals surface area contributed by atoms with Gasteiger partial charge in [-0.2, -0.15) is 0 Å². The van der Waals surface area contributed by atoms with E-state index >= 15 is 0 Å². The second-order valence-corrected chi connectivity index (χ2v) is 4.29. The number of aromatic nitrogens is 2. The average Bonchev–Trinajstić information content (AvgIpc) is 2.33. The molecule has 0 aliphatic rings. The molecule has 17 heavy (non-hydrogen) atoms. The highest BCUT2D eigenvalue weighted by atomic mass is 16.3. The molecule has 3 N–H and O–H groups in total. The van der Waals surface area contributed by atoms with Crippen LogP contribution in [0.3, 0.4) is 0 Å². The van der Waals surface area contributed by atoms with Crippen LogP contribution in [-0.4, -0.2) is 35.3 Å². The van der Waals surface area contributed by atoms with E-state index in [9.17, 15) is 0 Å². The first kappa shape index (κ1) is 13.7. The van der Waals surface area contributed by atoms with Gasteiger partial charge in [0.2, 0.25) is 0 Å². The van der Waals surface area contributed by atoms with Crippen LogP contribution in [0.15, 0.2) is 6.07 Å². The molecule has 0 amide bonds. The highest BCUT2D eigenvalue weighted by Crippen LogP contribution is 2.11. The van der Waals surface area contributed by atoms with Crippen molar-refractivity contribution in [1.29, 1.82) is 0 Å². The Morgan fingerprint density at radius 1 is 1.35 bits per heavy atom. The highest BCUT2D eigenvalue weighted by molar-refractivity contribution is 5.46. The fourth-order valence-corrected chi connectivity index (χ4v) is 1.54. The summed E-state index contributed by atoms with van der Waals surface area (Å²) in [7, 11) is 1.84. The van der Waals surface area contributed by atoms with Gasteiger partial charge in [-0.15, -0.1) is 0 Å². The van der Waals surface area contributed by atoms with Gasteiger partial charge in [0.05, 0.1) is 0 Å². The molecule has 0 bridgehead atoms. The number of anilines is 2. The Bertz CT molecular complexity index is 343. The van der Waals surface area contributed by atoms with E-state index in [0.29, 0.717) is 5.92 Å². The lowest BCUT2D eigenvalue weighted by Gasteiger charge is -2.10. The maximum absolute atomic E-state index is 8.91. The van der Waals surface area contributed by atoms with Gasteiger partial charge in [0, 0.05) is 26.3 Å². The number of aliphatic hydroxyl groups is 1. The molecule has 0 spiro atoms. The number of hydrogen-bond acceptors (Lipinski definition) is 5. The second-order valence-electron chi connectivity index (χ2n) is 4.29. The summed E-state index contributed by atoms with van der Waals surface area (Å²) in [6.07, 6.45) is 2.05. The summed E-state index contributed by atoms with van der Waals surface area (Å²) in [5.74, 6) is 2.79. The maximum atomic E-state index is 8.91. The van der Waals surface area contributed by atoms with Crippen molar-refractivity contribution >= 4 is 11.6 Å². The molecule has 1 aromatic heterocycles. The van der Waals surface area contributed by atoms with Crippen LogP contribution in [0.1, 0.15) is 25.6 Å². The van der Waals surface area contributed by atoms with E-state index in [4.69, 9.17) is 5.11 Å². The van der Waals surface area contributed by atoms with Gasteiger partial charge in [-0.05, 0) is 25.7 Å². The molecule has 0 fully saturated rings. The van der Waals surface area contributed by atoms with E-state index < -0.39 is 0 Å². The van der Waals surface area contributed by atoms with Gasteiger partial charge in [-0.3, -0.25) is 0 Å². The number of nitrogens with one attached hydrogen (secondary N) is 2. The van der Waals surface area contributed by atoms with Gasteiger partial charge in [0.25, 0.3) is 0 Å². The van der Waals surface area contributed by atoms with Crippen LogP contribution in [0, 0.1) is 12.8 Å². The van der Waals surface area contributed by atoms with Crippen molar-refractivity contribution in [3.8, 4) is 0 Å². The number of rotatable bonds is 7. The molecule has 96 valence electrons. The predicted molar refractivity (Wildman–Crippen MR) is 70.3 cm³/mol. The first-order chi connectivity index (χ1) is 8.15. The van der Waals surface area contributed by atoms with E-state index in [-0.39, 0.29) is 6.61 Å². The van der Waals surface area contributed by atoms with Crippen LogP contribution in [0.2, 0.25) is 0 Å². The van der Waals surface area contributed by atoms with Crippen molar-refractivity contribution in [3.05, 3.63) is 11.9 Å². The Morgan fingerprint density at radius 2 is 2.06 bits per heavy atom. The smallest absolute Gasteiger partial charge is 0.131 e. The summed E-state index contributed by atoms with van der Waals surface area (Å²) in [4.78, 5) is 8.53. The summed E-state index contributed by atoms with van der Waals surface area (Å²) < 4.78 is 0. The molecule has 1 aromatic rings. The van der Waals surface area contributed by atoms with Gasteiger partial charge in [-0.1, -0.05) is 6.92 Å². The fourth-order valence-electron chi connectivity index (χ4n) is 1.54. The average molecular weight is 238 g/mol. The third-order valence-electron chi connectivity index (χ3n) is 2.59. The third-order valence-corrected chi connectivity index (χ3v) is 2.59. The van der Waals surface area contributed by atoms with Crippen LogP contribution in [0.5, 0.6) is 0 Å². The topological polar surface area (TPSA) is 70.1 Å². The first-order valence-electron chi connectivity index (χ1n) is 6.04. The monoisotopic (exact) mass is 238 g/mol.